The molecule has 158 valence electrons. The number of rotatable bonds is 7. The third-order valence-corrected chi connectivity index (χ3v) is 9.35. The van der Waals surface area contributed by atoms with Gasteiger partial charge in [-0.2, -0.15) is 0 Å². The second-order valence-corrected chi connectivity index (χ2v) is 11.5. The lowest BCUT2D eigenvalue weighted by Gasteiger charge is -2.07. The molecule has 30 heavy (non-hydrogen) atoms. The van der Waals surface area contributed by atoms with E-state index in [9.17, 15) is 21.6 Å². The summed E-state index contributed by atoms with van der Waals surface area (Å²) in [6, 6.07) is 12.7. The zero-order valence-corrected chi connectivity index (χ0v) is 18.5. The van der Waals surface area contributed by atoms with Crippen LogP contribution in [-0.2, 0) is 19.7 Å². The van der Waals surface area contributed by atoms with Crippen molar-refractivity contribution in [3.8, 4) is 11.5 Å². The summed E-state index contributed by atoms with van der Waals surface area (Å²) < 4.78 is 60.3. The van der Waals surface area contributed by atoms with Crippen LogP contribution in [-0.4, -0.2) is 36.1 Å². The minimum absolute atomic E-state index is 0.391. The van der Waals surface area contributed by atoms with Crippen molar-refractivity contribution in [1.82, 2.24) is 0 Å². The van der Waals surface area contributed by atoms with Crippen molar-refractivity contribution in [3.63, 3.8) is 0 Å². The number of hydrogen-bond acceptors (Lipinski definition) is 8. The van der Waals surface area contributed by atoms with E-state index in [0.29, 0.717) is 27.1 Å². The molecule has 7 nitrogen and oxygen atoms in total. The normalized spacial score (nSPS) is 12.3. The first-order chi connectivity index (χ1) is 14.1. The summed E-state index contributed by atoms with van der Waals surface area (Å²) in [5.41, 5.74) is 0.555. The fourth-order valence-electron chi connectivity index (χ4n) is 2.71. The molecule has 0 bridgehead atoms. The van der Waals surface area contributed by atoms with Gasteiger partial charge in [0.1, 0.15) is 16.4 Å². The molecule has 0 fully saturated rings. The molecule has 10 heteroatoms. The molecule has 0 aliphatic rings. The van der Waals surface area contributed by atoms with Crippen molar-refractivity contribution in [2.75, 3.05) is 19.3 Å². The van der Waals surface area contributed by atoms with E-state index in [1.807, 2.05) is 0 Å². The van der Waals surface area contributed by atoms with E-state index in [2.05, 4.69) is 0 Å². The molecule has 2 aromatic carbocycles. The molecule has 0 amide bonds. The zero-order valence-electron chi connectivity index (χ0n) is 16.1. The molecule has 3 rings (SSSR count). The Kier molecular flexibility index (Phi) is 6.30. The SMILES string of the molecule is COc1ccc(/C=C/S(=O)(=O)CS(=O)(=O)c2cc3c(OC)cccc3sc2=O)cc1. The molecule has 3 aromatic rings. The largest absolute Gasteiger partial charge is 0.497 e. The van der Waals surface area contributed by atoms with Gasteiger partial charge in [0.15, 0.2) is 24.8 Å². The van der Waals surface area contributed by atoms with Gasteiger partial charge in [0.2, 0.25) is 0 Å². The van der Waals surface area contributed by atoms with Crippen LogP contribution in [0.3, 0.4) is 0 Å². The lowest BCUT2D eigenvalue weighted by molar-refractivity contribution is 0.415. The van der Waals surface area contributed by atoms with Gasteiger partial charge >= 0.3 is 0 Å². The van der Waals surface area contributed by atoms with Gasteiger partial charge in [0, 0.05) is 15.5 Å². The van der Waals surface area contributed by atoms with Crippen molar-refractivity contribution < 1.29 is 26.3 Å². The van der Waals surface area contributed by atoms with Crippen molar-refractivity contribution in [1.29, 1.82) is 0 Å². The van der Waals surface area contributed by atoms with Crippen LogP contribution in [0.1, 0.15) is 5.56 Å². The molecular formula is C20H18O7S3. The molecular weight excluding hydrogens is 448 g/mol. The Morgan fingerprint density at radius 2 is 1.67 bits per heavy atom. The standard InChI is InChI=1S/C20H18O7S3/c1-26-15-8-6-14(7-9-15)10-11-29(22,23)13-30(24,25)19-12-16-17(27-2)4-3-5-18(16)28-20(19)21/h3-12H,13H2,1-2H3/b11-10+. The number of sulfone groups is 2. The lowest BCUT2D eigenvalue weighted by atomic mass is 10.2. The third kappa shape index (κ3) is 4.89. The van der Waals surface area contributed by atoms with E-state index < -0.39 is 34.4 Å². The van der Waals surface area contributed by atoms with Gasteiger partial charge in [0.05, 0.1) is 14.2 Å². The summed E-state index contributed by atoms with van der Waals surface area (Å²) >= 11 is 0.725. The number of benzene rings is 2. The van der Waals surface area contributed by atoms with Crippen LogP contribution in [0.5, 0.6) is 11.5 Å². The van der Waals surface area contributed by atoms with Gasteiger partial charge in [0.25, 0.3) is 4.74 Å². The quantitative estimate of drug-likeness (QED) is 0.527. The highest BCUT2D eigenvalue weighted by Gasteiger charge is 2.26. The van der Waals surface area contributed by atoms with Gasteiger partial charge in [-0.1, -0.05) is 29.5 Å². The molecule has 0 aliphatic carbocycles. The number of ether oxygens (including phenoxy) is 2. The average Bonchev–Trinajstić information content (AvgIpc) is 2.70. The van der Waals surface area contributed by atoms with Crippen LogP contribution >= 0.6 is 11.3 Å². The van der Waals surface area contributed by atoms with Crippen molar-refractivity contribution in [2.24, 2.45) is 0 Å². The second kappa shape index (κ2) is 8.58. The van der Waals surface area contributed by atoms with Crippen LogP contribution in [0.2, 0.25) is 0 Å². The van der Waals surface area contributed by atoms with E-state index >= 15 is 0 Å². The van der Waals surface area contributed by atoms with E-state index in [4.69, 9.17) is 9.47 Å². The summed E-state index contributed by atoms with van der Waals surface area (Å²) in [5.74, 6) is 0.996. The van der Waals surface area contributed by atoms with E-state index in [1.165, 1.54) is 26.4 Å². The zero-order chi connectivity index (χ0) is 21.9. The van der Waals surface area contributed by atoms with E-state index in [0.717, 1.165) is 16.7 Å². The molecule has 0 N–H and O–H groups in total. The Morgan fingerprint density at radius 3 is 2.30 bits per heavy atom. The summed E-state index contributed by atoms with van der Waals surface area (Å²) in [6.07, 6.45) is 1.29. The minimum Gasteiger partial charge on any atom is -0.497 e. The first kappa shape index (κ1) is 22.0. The van der Waals surface area contributed by atoms with Crippen LogP contribution in [0, 0.1) is 0 Å². The summed E-state index contributed by atoms with van der Waals surface area (Å²) in [6.45, 7) is 0. The average molecular weight is 467 g/mol. The molecule has 1 aromatic heterocycles. The Hall–Kier alpha value is -2.69. The highest BCUT2D eigenvalue weighted by molar-refractivity contribution is 8.09. The Balaban J connectivity index is 1.94. The summed E-state index contributed by atoms with van der Waals surface area (Å²) in [7, 11) is -5.62. The fourth-order valence-corrected chi connectivity index (χ4v) is 7.46. The maximum Gasteiger partial charge on any atom is 0.251 e. The highest BCUT2D eigenvalue weighted by Crippen LogP contribution is 2.29. The number of hydrogen-bond donors (Lipinski definition) is 0. The van der Waals surface area contributed by atoms with Gasteiger partial charge in [-0.05, 0) is 42.0 Å². The smallest absolute Gasteiger partial charge is 0.251 e. The van der Waals surface area contributed by atoms with Crippen molar-refractivity contribution in [2.45, 2.75) is 4.90 Å². The van der Waals surface area contributed by atoms with Gasteiger partial charge < -0.3 is 9.47 Å². The lowest BCUT2D eigenvalue weighted by Crippen LogP contribution is -2.20. The topological polar surface area (TPSA) is 104 Å². The predicted octanol–water partition coefficient (Wildman–Crippen LogP) is 3.10. The van der Waals surface area contributed by atoms with Crippen LogP contribution < -0.4 is 14.2 Å². The summed E-state index contributed by atoms with van der Waals surface area (Å²) in [4.78, 5) is 11.8. The second-order valence-electron chi connectivity index (χ2n) is 6.24. The van der Waals surface area contributed by atoms with Crippen LogP contribution in [0.25, 0.3) is 16.2 Å². The minimum atomic E-state index is -4.40. The Morgan fingerprint density at radius 1 is 0.967 bits per heavy atom. The van der Waals surface area contributed by atoms with Crippen LogP contribution in [0.15, 0.2) is 63.6 Å². The summed E-state index contributed by atoms with van der Waals surface area (Å²) in [5, 5.41) is 0.0336. The van der Waals surface area contributed by atoms with Crippen molar-refractivity contribution in [3.05, 3.63) is 69.0 Å². The predicted molar refractivity (Wildman–Crippen MR) is 118 cm³/mol. The van der Waals surface area contributed by atoms with Crippen molar-refractivity contribution >= 4 is 47.2 Å². The Labute approximate surface area is 178 Å². The molecule has 0 aliphatic heterocycles. The maximum absolute atomic E-state index is 12.7. The molecule has 0 saturated carbocycles. The number of methoxy groups -OCH3 is 2. The van der Waals surface area contributed by atoms with E-state index in [1.54, 1.807) is 42.5 Å². The van der Waals surface area contributed by atoms with Gasteiger partial charge in [-0.3, -0.25) is 4.79 Å². The monoisotopic (exact) mass is 466 g/mol. The molecule has 0 spiro atoms. The molecule has 0 saturated heterocycles. The highest BCUT2D eigenvalue weighted by atomic mass is 32.3. The van der Waals surface area contributed by atoms with Gasteiger partial charge in [-0.15, -0.1) is 0 Å². The van der Waals surface area contributed by atoms with Crippen LogP contribution in [0.4, 0.5) is 0 Å². The van der Waals surface area contributed by atoms with E-state index in [-0.39, 0.29) is 0 Å². The van der Waals surface area contributed by atoms with Gasteiger partial charge in [-0.25, -0.2) is 16.8 Å². The first-order valence-electron chi connectivity index (χ1n) is 8.54. The third-order valence-electron chi connectivity index (χ3n) is 4.16. The Bertz CT molecular complexity index is 1370. The number of fused-ring (bicyclic) bond motifs is 1. The fraction of sp³-hybridized carbons (Fsp3) is 0.150. The molecule has 0 atom stereocenters. The first-order valence-corrected chi connectivity index (χ1v) is 12.7. The maximum atomic E-state index is 12.7. The molecule has 0 radical (unpaired) electrons. The molecule has 1 heterocycles. The molecule has 0 unspecified atom stereocenters.